The molecule has 4 N–H and O–H groups in total. The van der Waals surface area contributed by atoms with Gasteiger partial charge in [-0.25, -0.2) is 4.79 Å². The highest BCUT2D eigenvalue weighted by atomic mass is 16.6. The summed E-state index contributed by atoms with van der Waals surface area (Å²) in [4.78, 5) is 21.8. The second-order valence-corrected chi connectivity index (χ2v) is 6.05. The Labute approximate surface area is 127 Å². The Morgan fingerprint density at radius 3 is 2.41 bits per heavy atom. The van der Waals surface area contributed by atoms with Gasteiger partial charge in [0, 0.05) is 7.05 Å². The number of ether oxygens (including phenoxy) is 2. The number of hydrogen-bond acceptors (Lipinski definition) is 8. The summed E-state index contributed by atoms with van der Waals surface area (Å²) in [6, 6.07) is -2.25. The van der Waals surface area contributed by atoms with Crippen LogP contribution in [0.15, 0.2) is 5.29 Å². The van der Waals surface area contributed by atoms with Crippen molar-refractivity contribution in [1.29, 1.82) is 0 Å². The van der Waals surface area contributed by atoms with E-state index >= 15 is 0 Å². The maximum absolute atomic E-state index is 11.5. The van der Waals surface area contributed by atoms with Gasteiger partial charge in [0.2, 0.25) is 0 Å². The minimum absolute atomic E-state index is 0.0464. The van der Waals surface area contributed by atoms with Crippen LogP contribution >= 0.6 is 0 Å². The maximum Gasteiger partial charge on any atom is 0.340 e. The monoisotopic (exact) mass is 321 g/mol. The van der Waals surface area contributed by atoms with Crippen LogP contribution in [0.4, 0.5) is 4.79 Å². The van der Waals surface area contributed by atoms with Gasteiger partial charge in [0.1, 0.15) is 24.4 Å². The van der Waals surface area contributed by atoms with Crippen molar-refractivity contribution in [2.45, 2.75) is 57.0 Å². The van der Waals surface area contributed by atoms with Crippen molar-refractivity contribution in [3.05, 3.63) is 4.91 Å². The van der Waals surface area contributed by atoms with Gasteiger partial charge in [0.05, 0.1) is 17.5 Å². The number of hydrogen-bond donors (Lipinski definition) is 4. The number of amides is 2. The van der Waals surface area contributed by atoms with Crippen molar-refractivity contribution in [3.8, 4) is 0 Å². The molecule has 1 saturated heterocycles. The van der Waals surface area contributed by atoms with E-state index < -0.39 is 42.3 Å². The van der Waals surface area contributed by atoms with Gasteiger partial charge in [0.25, 0.3) is 0 Å². The summed E-state index contributed by atoms with van der Waals surface area (Å²) >= 11 is 0. The fraction of sp³-hybridized carbons (Fsp3) is 0.917. The van der Waals surface area contributed by atoms with E-state index in [1.807, 2.05) is 0 Å². The van der Waals surface area contributed by atoms with Crippen LogP contribution < -0.4 is 5.32 Å². The minimum Gasteiger partial charge on any atom is -0.388 e. The average molecular weight is 321 g/mol. The van der Waals surface area contributed by atoms with Crippen LogP contribution in [-0.2, 0) is 9.47 Å². The number of urea groups is 1. The first-order valence-electron chi connectivity index (χ1n) is 6.78. The first-order valence-corrected chi connectivity index (χ1v) is 6.78. The number of carbonyl (C=O) groups is 1. The van der Waals surface area contributed by atoms with Crippen LogP contribution in [-0.4, -0.2) is 76.3 Å². The largest absolute Gasteiger partial charge is 0.388 e. The Bertz CT molecular complexity index is 401. The third-order valence-corrected chi connectivity index (χ3v) is 3.11. The van der Waals surface area contributed by atoms with E-state index in [9.17, 15) is 25.0 Å². The predicted molar refractivity (Wildman–Crippen MR) is 74.5 cm³/mol. The standard InChI is InChI=1S/C12H23N3O7/c1-12(2,3)21-5-6-8(16)9(17)7(10(18)22-6)13-11(19)15(4)14-20/h6-10,16-18H,5H2,1-4H3,(H,13,19)/t6?,7?,8-,9-,10-/m1/s1. The number of nitroso groups, excluding NO2 is 1. The summed E-state index contributed by atoms with van der Waals surface area (Å²) < 4.78 is 10.6. The highest BCUT2D eigenvalue weighted by molar-refractivity contribution is 5.73. The molecule has 0 aliphatic carbocycles. The van der Waals surface area contributed by atoms with Crippen LogP contribution in [0.25, 0.3) is 0 Å². The number of rotatable bonds is 4. The molecule has 22 heavy (non-hydrogen) atoms. The zero-order valence-electron chi connectivity index (χ0n) is 13.0. The summed E-state index contributed by atoms with van der Waals surface area (Å²) in [6.45, 7) is 5.37. The Kier molecular flexibility index (Phi) is 6.20. The highest BCUT2D eigenvalue weighted by Crippen LogP contribution is 2.22. The molecular formula is C12H23N3O7. The molecule has 10 heteroatoms. The molecule has 128 valence electrons. The molecule has 0 aromatic heterocycles. The molecule has 0 saturated carbocycles. The topological polar surface area (TPSA) is 141 Å². The number of aliphatic hydroxyl groups excluding tert-OH is 3. The maximum atomic E-state index is 11.5. The van der Waals surface area contributed by atoms with Crippen LogP contribution in [0, 0.1) is 4.91 Å². The molecule has 0 spiro atoms. The van der Waals surface area contributed by atoms with Crippen LogP contribution in [0.3, 0.4) is 0 Å². The second-order valence-electron chi connectivity index (χ2n) is 6.05. The Morgan fingerprint density at radius 1 is 1.32 bits per heavy atom. The van der Waals surface area contributed by atoms with Crippen LogP contribution in [0.5, 0.6) is 0 Å². The van der Waals surface area contributed by atoms with Crippen molar-refractivity contribution >= 4 is 6.03 Å². The summed E-state index contributed by atoms with van der Waals surface area (Å²) in [5.41, 5.74) is -0.484. The first-order chi connectivity index (χ1) is 10.1. The van der Waals surface area contributed by atoms with Gasteiger partial charge in [-0.3, -0.25) is 0 Å². The van der Waals surface area contributed by atoms with Gasteiger partial charge in [-0.1, -0.05) is 0 Å². The fourth-order valence-electron chi connectivity index (χ4n) is 1.85. The van der Waals surface area contributed by atoms with Crippen LogP contribution in [0.2, 0.25) is 0 Å². The fourth-order valence-corrected chi connectivity index (χ4v) is 1.85. The molecule has 1 rings (SSSR count). The van der Waals surface area contributed by atoms with Gasteiger partial charge >= 0.3 is 6.03 Å². The molecule has 2 unspecified atom stereocenters. The van der Waals surface area contributed by atoms with E-state index in [0.717, 1.165) is 7.05 Å². The number of aliphatic hydroxyl groups is 3. The summed E-state index contributed by atoms with van der Waals surface area (Å²) in [5.74, 6) is 0. The number of carbonyl (C=O) groups excluding carboxylic acids is 1. The molecule has 0 bridgehead atoms. The van der Waals surface area contributed by atoms with Crippen molar-refractivity contribution < 1.29 is 29.6 Å². The van der Waals surface area contributed by atoms with E-state index in [1.165, 1.54) is 0 Å². The highest BCUT2D eigenvalue weighted by Gasteiger charge is 2.45. The Morgan fingerprint density at radius 2 is 1.91 bits per heavy atom. The molecule has 1 fully saturated rings. The molecule has 0 aromatic rings. The molecule has 1 heterocycles. The van der Waals surface area contributed by atoms with Crippen molar-refractivity contribution in [2.75, 3.05) is 13.7 Å². The quantitative estimate of drug-likeness (QED) is 0.382. The predicted octanol–water partition coefficient (Wildman–Crippen LogP) is -1.07. The SMILES string of the molecule is CN(N=O)C(=O)NC1[C@H](O)OC(COC(C)(C)C)[C@@H](O)[C@@H]1O. The second kappa shape index (κ2) is 7.29. The first kappa shape index (κ1) is 18.7. The van der Waals surface area contributed by atoms with Crippen molar-refractivity contribution in [2.24, 2.45) is 5.29 Å². The van der Waals surface area contributed by atoms with Crippen molar-refractivity contribution in [3.63, 3.8) is 0 Å². The van der Waals surface area contributed by atoms with E-state index in [1.54, 1.807) is 20.8 Å². The zero-order chi connectivity index (χ0) is 17.1. The summed E-state index contributed by atoms with van der Waals surface area (Å²) in [5, 5.41) is 34.9. The lowest BCUT2D eigenvalue weighted by atomic mass is 9.97. The average Bonchev–Trinajstić information content (AvgIpc) is 2.43. The molecule has 2 amide bonds. The zero-order valence-corrected chi connectivity index (χ0v) is 13.0. The molecule has 1 aliphatic heterocycles. The molecule has 0 radical (unpaired) electrons. The Hall–Kier alpha value is -1.33. The lowest BCUT2D eigenvalue weighted by Gasteiger charge is -2.41. The van der Waals surface area contributed by atoms with E-state index in [2.05, 4.69) is 10.6 Å². The number of nitrogens with zero attached hydrogens (tertiary/aromatic N) is 2. The lowest BCUT2D eigenvalue weighted by molar-refractivity contribution is -0.260. The molecule has 10 nitrogen and oxygen atoms in total. The smallest absolute Gasteiger partial charge is 0.340 e. The third-order valence-electron chi connectivity index (χ3n) is 3.11. The van der Waals surface area contributed by atoms with E-state index in [0.29, 0.717) is 5.01 Å². The lowest BCUT2D eigenvalue weighted by Crippen LogP contribution is -2.65. The van der Waals surface area contributed by atoms with Gasteiger partial charge in [0.15, 0.2) is 6.29 Å². The Balaban J connectivity index is 2.68. The van der Waals surface area contributed by atoms with Gasteiger partial charge < -0.3 is 30.1 Å². The molecule has 5 atom stereocenters. The molecule has 1 aliphatic rings. The third kappa shape index (κ3) is 4.85. The van der Waals surface area contributed by atoms with Crippen molar-refractivity contribution in [1.82, 2.24) is 10.3 Å². The normalized spacial score (nSPS) is 32.4. The van der Waals surface area contributed by atoms with Gasteiger partial charge in [-0.2, -0.15) is 5.01 Å². The minimum atomic E-state index is -1.57. The van der Waals surface area contributed by atoms with Gasteiger partial charge in [-0.05, 0) is 20.8 Å². The molecular weight excluding hydrogens is 298 g/mol. The van der Waals surface area contributed by atoms with Gasteiger partial charge in [-0.15, -0.1) is 4.91 Å². The summed E-state index contributed by atoms with van der Waals surface area (Å²) in [7, 11) is 1.10. The van der Waals surface area contributed by atoms with Crippen LogP contribution in [0.1, 0.15) is 20.8 Å². The molecule has 0 aromatic carbocycles. The summed E-state index contributed by atoms with van der Waals surface area (Å²) in [6.07, 6.45) is -5.41. The number of nitrogens with one attached hydrogen (secondary N) is 1. The van der Waals surface area contributed by atoms with E-state index in [-0.39, 0.29) is 6.61 Å². The van der Waals surface area contributed by atoms with E-state index in [4.69, 9.17) is 9.47 Å².